The predicted octanol–water partition coefficient (Wildman–Crippen LogP) is 1.65. The van der Waals surface area contributed by atoms with Gasteiger partial charge >= 0.3 is 0 Å². The molecule has 2 aromatic rings. The van der Waals surface area contributed by atoms with Crippen LogP contribution in [0.4, 0.5) is 0 Å². The van der Waals surface area contributed by atoms with Crippen LogP contribution in [0.3, 0.4) is 0 Å². The molecule has 1 aliphatic carbocycles. The lowest BCUT2D eigenvalue weighted by atomic mass is 9.66. The van der Waals surface area contributed by atoms with Gasteiger partial charge in [-0.15, -0.1) is 5.10 Å². The molecule has 7 heteroatoms. The van der Waals surface area contributed by atoms with E-state index in [4.69, 9.17) is 4.74 Å². The highest BCUT2D eigenvalue weighted by atomic mass is 32.1. The molecule has 4 aliphatic rings. The summed E-state index contributed by atoms with van der Waals surface area (Å²) in [6.45, 7) is 3.71. The summed E-state index contributed by atoms with van der Waals surface area (Å²) in [6.07, 6.45) is 6.58. The monoisotopic (exact) mass is 303 g/mol. The number of nitrogens with zero attached hydrogens (tertiary/aromatic N) is 4. The van der Waals surface area contributed by atoms with Gasteiger partial charge < -0.3 is 9.64 Å². The van der Waals surface area contributed by atoms with Gasteiger partial charge in [-0.2, -0.15) is 5.10 Å². The highest BCUT2D eigenvalue weighted by Gasteiger charge is 2.49. The topological polar surface area (TPSA) is 66.9 Å². The summed E-state index contributed by atoms with van der Waals surface area (Å²) in [5.74, 6) is 2.26. The van der Waals surface area contributed by atoms with E-state index in [-0.39, 0.29) is 0 Å². The molecule has 2 aromatic heterocycles. The number of aromatic nitrogens is 4. The van der Waals surface area contributed by atoms with Crippen molar-refractivity contribution in [2.75, 3.05) is 19.6 Å². The first-order valence-corrected chi connectivity index (χ1v) is 8.38. The van der Waals surface area contributed by atoms with Crippen LogP contribution in [-0.4, -0.2) is 51.0 Å². The minimum Gasteiger partial charge on any atom is -0.465 e. The molecule has 4 fully saturated rings. The van der Waals surface area contributed by atoms with Crippen LogP contribution in [0.1, 0.15) is 12.8 Å². The lowest BCUT2D eigenvalue weighted by Gasteiger charge is -2.54. The van der Waals surface area contributed by atoms with Gasteiger partial charge in [-0.3, -0.25) is 5.10 Å². The number of rotatable bonds is 3. The van der Waals surface area contributed by atoms with Crippen LogP contribution in [0.5, 0.6) is 5.19 Å². The van der Waals surface area contributed by atoms with E-state index < -0.39 is 0 Å². The van der Waals surface area contributed by atoms with E-state index >= 15 is 0 Å². The minimum absolute atomic E-state index is 0.336. The molecule has 2 unspecified atom stereocenters. The van der Waals surface area contributed by atoms with E-state index in [0.717, 1.165) is 16.5 Å². The highest BCUT2D eigenvalue weighted by molar-refractivity contribution is 7.16. The van der Waals surface area contributed by atoms with Crippen LogP contribution in [-0.2, 0) is 0 Å². The average Bonchev–Trinajstić information content (AvgIpc) is 3.13. The Labute approximate surface area is 126 Å². The Morgan fingerprint density at radius 3 is 2.76 bits per heavy atom. The van der Waals surface area contributed by atoms with Crippen LogP contribution < -0.4 is 4.74 Å². The number of hydrogen-bond donors (Lipinski definition) is 1. The molecule has 21 heavy (non-hydrogen) atoms. The first kappa shape index (κ1) is 12.1. The summed E-state index contributed by atoms with van der Waals surface area (Å²) in [4.78, 5) is 2.61. The Morgan fingerprint density at radius 2 is 2.05 bits per heavy atom. The number of ether oxygens (including phenoxy) is 1. The van der Waals surface area contributed by atoms with Crippen molar-refractivity contribution in [3.05, 3.63) is 12.4 Å². The second-order valence-corrected chi connectivity index (χ2v) is 7.46. The summed E-state index contributed by atoms with van der Waals surface area (Å²) in [5.41, 5.74) is 0.971. The fourth-order valence-corrected chi connectivity index (χ4v) is 5.13. The molecule has 3 aliphatic heterocycles. The molecule has 110 valence electrons. The SMILES string of the molecule is c1n[nH]cc1-c1nnc(OC2C3CC4CC2CN(C4)C3)s1. The van der Waals surface area contributed by atoms with E-state index in [2.05, 4.69) is 25.3 Å². The van der Waals surface area contributed by atoms with E-state index in [1.807, 2.05) is 6.20 Å². The Morgan fingerprint density at radius 1 is 1.19 bits per heavy atom. The molecular formula is C14H17N5OS. The molecule has 0 spiro atoms. The molecule has 1 saturated carbocycles. The third-order valence-corrected chi connectivity index (χ3v) is 5.95. The van der Waals surface area contributed by atoms with Crippen LogP contribution in [0.25, 0.3) is 10.6 Å². The zero-order valence-electron chi connectivity index (χ0n) is 11.6. The Bertz CT molecular complexity index is 612. The quantitative estimate of drug-likeness (QED) is 0.934. The van der Waals surface area contributed by atoms with Crippen LogP contribution in [0, 0.1) is 17.8 Å². The normalized spacial score (nSPS) is 37.0. The van der Waals surface area contributed by atoms with Crippen molar-refractivity contribution >= 4 is 11.3 Å². The zero-order valence-corrected chi connectivity index (χ0v) is 12.4. The number of hydrogen-bond acceptors (Lipinski definition) is 6. The molecule has 0 radical (unpaired) electrons. The van der Waals surface area contributed by atoms with E-state index in [9.17, 15) is 0 Å². The summed E-state index contributed by atoms with van der Waals surface area (Å²) in [5, 5.41) is 16.8. The third-order valence-electron chi connectivity index (χ3n) is 5.09. The van der Waals surface area contributed by atoms with Crippen molar-refractivity contribution in [1.82, 2.24) is 25.3 Å². The fraction of sp³-hybridized carbons (Fsp3) is 0.643. The van der Waals surface area contributed by atoms with Crippen LogP contribution in [0.15, 0.2) is 12.4 Å². The van der Waals surface area contributed by atoms with Gasteiger partial charge in [0.1, 0.15) is 6.10 Å². The van der Waals surface area contributed by atoms with Crippen LogP contribution >= 0.6 is 11.3 Å². The second kappa shape index (κ2) is 4.51. The summed E-state index contributed by atoms with van der Waals surface area (Å²) < 4.78 is 6.26. The molecule has 0 aromatic carbocycles. The van der Waals surface area contributed by atoms with Gasteiger partial charge in [0, 0.05) is 37.7 Å². The smallest absolute Gasteiger partial charge is 0.294 e. The largest absolute Gasteiger partial charge is 0.465 e. The number of nitrogens with one attached hydrogen (secondary N) is 1. The molecule has 6 rings (SSSR count). The summed E-state index contributed by atoms with van der Waals surface area (Å²) >= 11 is 1.52. The molecule has 1 N–H and O–H groups in total. The van der Waals surface area contributed by atoms with Gasteiger partial charge in [-0.25, -0.2) is 0 Å². The zero-order chi connectivity index (χ0) is 13.8. The number of aromatic amines is 1. The molecule has 4 bridgehead atoms. The molecule has 5 heterocycles. The highest BCUT2D eigenvalue weighted by Crippen LogP contribution is 2.45. The standard InChI is InChI=1S/C14H17N5OS/c1-8-2-10-7-19(5-8)6-9(1)12(10)20-14-18-17-13(21-14)11-3-15-16-4-11/h3-4,8-10,12H,1-2,5-7H2,(H,15,16). The summed E-state index contributed by atoms with van der Waals surface area (Å²) in [7, 11) is 0. The summed E-state index contributed by atoms with van der Waals surface area (Å²) in [6, 6.07) is 0. The van der Waals surface area contributed by atoms with E-state index in [0.29, 0.717) is 23.1 Å². The number of H-pyrrole nitrogens is 1. The van der Waals surface area contributed by atoms with E-state index in [1.165, 1.54) is 43.8 Å². The van der Waals surface area contributed by atoms with Crippen molar-refractivity contribution in [2.24, 2.45) is 17.8 Å². The number of piperidine rings is 3. The van der Waals surface area contributed by atoms with Gasteiger partial charge in [0.25, 0.3) is 5.19 Å². The lowest BCUT2D eigenvalue weighted by Crippen LogP contribution is -2.61. The van der Waals surface area contributed by atoms with Crippen molar-refractivity contribution in [3.63, 3.8) is 0 Å². The van der Waals surface area contributed by atoms with Gasteiger partial charge in [0.05, 0.1) is 11.8 Å². The minimum atomic E-state index is 0.336. The van der Waals surface area contributed by atoms with Crippen molar-refractivity contribution in [3.8, 4) is 15.8 Å². The third kappa shape index (κ3) is 1.98. The van der Waals surface area contributed by atoms with E-state index in [1.54, 1.807) is 6.20 Å². The van der Waals surface area contributed by atoms with Crippen molar-refractivity contribution < 1.29 is 4.74 Å². The first-order valence-electron chi connectivity index (χ1n) is 7.57. The van der Waals surface area contributed by atoms with Crippen molar-refractivity contribution in [2.45, 2.75) is 18.9 Å². The maximum Gasteiger partial charge on any atom is 0.294 e. The van der Waals surface area contributed by atoms with Crippen LogP contribution in [0.2, 0.25) is 0 Å². The van der Waals surface area contributed by atoms with Gasteiger partial charge in [0.2, 0.25) is 0 Å². The fourth-order valence-electron chi connectivity index (χ4n) is 4.41. The van der Waals surface area contributed by atoms with Gasteiger partial charge in [-0.1, -0.05) is 16.4 Å². The molecule has 6 nitrogen and oxygen atoms in total. The van der Waals surface area contributed by atoms with Gasteiger partial charge in [0.15, 0.2) is 5.01 Å². The Balaban J connectivity index is 1.36. The predicted molar refractivity (Wildman–Crippen MR) is 78.1 cm³/mol. The molecular weight excluding hydrogens is 286 g/mol. The second-order valence-electron chi connectivity index (χ2n) is 6.52. The maximum absolute atomic E-state index is 6.26. The Hall–Kier alpha value is -1.47. The molecule has 0 amide bonds. The lowest BCUT2D eigenvalue weighted by molar-refractivity contribution is -0.0986. The maximum atomic E-state index is 6.26. The molecule has 2 atom stereocenters. The Kier molecular flexibility index (Phi) is 2.60. The average molecular weight is 303 g/mol. The molecule has 3 saturated heterocycles. The first-order chi connectivity index (χ1) is 10.3. The van der Waals surface area contributed by atoms with Gasteiger partial charge in [-0.05, 0) is 18.8 Å². The van der Waals surface area contributed by atoms with Crippen molar-refractivity contribution in [1.29, 1.82) is 0 Å².